The summed E-state index contributed by atoms with van der Waals surface area (Å²) in [6.07, 6.45) is 45.7. The summed E-state index contributed by atoms with van der Waals surface area (Å²) in [7, 11) is 0. The second-order valence-corrected chi connectivity index (χ2v) is 20.0. The molecule has 0 saturated carbocycles. The maximum Gasteiger partial charge on any atom is 0.305 e. The Balaban J connectivity index is 2.04. The second kappa shape index (κ2) is 47.5. The number of ether oxygens (including phenoxy) is 3. The van der Waals surface area contributed by atoms with Crippen molar-refractivity contribution in [2.24, 2.45) is 0 Å². The van der Waals surface area contributed by atoms with E-state index in [1.54, 1.807) is 6.08 Å². The van der Waals surface area contributed by atoms with Crippen LogP contribution >= 0.6 is 0 Å². The van der Waals surface area contributed by atoms with Crippen LogP contribution in [0.4, 0.5) is 0 Å². The number of unbranched alkanes of at least 4 members (excludes halogenated alkanes) is 33. The van der Waals surface area contributed by atoms with Crippen molar-refractivity contribution in [3.05, 3.63) is 24.3 Å². The quantitative estimate of drug-likeness (QED) is 0.0196. The Hall–Kier alpha value is -1.86. The molecule has 400 valence electrons. The zero-order valence-corrected chi connectivity index (χ0v) is 43.8. The molecule has 1 amide bonds. The molecule has 0 spiro atoms. The van der Waals surface area contributed by atoms with Gasteiger partial charge in [-0.05, 0) is 44.9 Å². The number of rotatable bonds is 49. The predicted molar refractivity (Wildman–Crippen MR) is 278 cm³/mol. The molecular formula is C57H107NO10. The summed E-state index contributed by atoms with van der Waals surface area (Å²) >= 11 is 0. The summed E-state index contributed by atoms with van der Waals surface area (Å²) < 4.78 is 16.6. The van der Waals surface area contributed by atoms with E-state index in [1.165, 1.54) is 173 Å². The average Bonchev–Trinajstić information content (AvgIpc) is 3.33. The minimum atomic E-state index is -1.58. The topological polar surface area (TPSA) is 175 Å². The molecule has 1 rings (SSSR count). The number of nitrogens with one attached hydrogen (secondary N) is 1. The van der Waals surface area contributed by atoms with Gasteiger partial charge < -0.3 is 45.1 Å². The van der Waals surface area contributed by atoms with Gasteiger partial charge in [0.05, 0.1) is 32.0 Å². The predicted octanol–water partition coefficient (Wildman–Crippen LogP) is 12.6. The molecule has 0 bridgehead atoms. The average molecular weight is 966 g/mol. The lowest BCUT2D eigenvalue weighted by Crippen LogP contribution is -2.60. The minimum Gasteiger partial charge on any atom is -0.466 e. The van der Waals surface area contributed by atoms with Crippen molar-refractivity contribution in [2.45, 2.75) is 307 Å². The van der Waals surface area contributed by atoms with E-state index in [0.717, 1.165) is 64.2 Å². The number of esters is 1. The van der Waals surface area contributed by atoms with E-state index in [-0.39, 0.29) is 18.5 Å². The third-order valence-corrected chi connectivity index (χ3v) is 13.6. The maximum absolute atomic E-state index is 13.0. The van der Waals surface area contributed by atoms with Crippen molar-refractivity contribution in [2.75, 3.05) is 19.8 Å². The van der Waals surface area contributed by atoms with Crippen LogP contribution < -0.4 is 5.32 Å². The van der Waals surface area contributed by atoms with Crippen molar-refractivity contribution in [1.82, 2.24) is 5.32 Å². The Kier molecular flexibility index (Phi) is 44.8. The van der Waals surface area contributed by atoms with E-state index in [2.05, 4.69) is 31.3 Å². The van der Waals surface area contributed by atoms with E-state index >= 15 is 0 Å². The summed E-state index contributed by atoms with van der Waals surface area (Å²) in [6.45, 7) is 4.27. The van der Waals surface area contributed by atoms with Crippen molar-refractivity contribution in [3.63, 3.8) is 0 Å². The van der Waals surface area contributed by atoms with Crippen LogP contribution in [0, 0.1) is 0 Å². The molecule has 0 radical (unpaired) electrons. The largest absolute Gasteiger partial charge is 0.466 e. The van der Waals surface area contributed by atoms with E-state index in [1.807, 2.05) is 6.08 Å². The van der Waals surface area contributed by atoms with Crippen molar-refractivity contribution < 1.29 is 49.3 Å². The first-order valence-corrected chi connectivity index (χ1v) is 28.6. The lowest BCUT2D eigenvalue weighted by Gasteiger charge is -2.40. The maximum atomic E-state index is 13.0. The fourth-order valence-electron chi connectivity index (χ4n) is 8.98. The highest BCUT2D eigenvalue weighted by Gasteiger charge is 2.44. The summed E-state index contributed by atoms with van der Waals surface area (Å²) in [5.41, 5.74) is 0. The summed E-state index contributed by atoms with van der Waals surface area (Å²) in [6, 6.07) is -0.826. The number of carbonyl (C=O) groups is 2. The van der Waals surface area contributed by atoms with Crippen LogP contribution in [0.15, 0.2) is 24.3 Å². The minimum absolute atomic E-state index is 0.00442. The Morgan fingerprint density at radius 2 is 0.956 bits per heavy atom. The Labute approximate surface area is 416 Å². The lowest BCUT2D eigenvalue weighted by molar-refractivity contribution is -0.302. The van der Waals surface area contributed by atoms with E-state index in [9.17, 15) is 35.1 Å². The number of allylic oxidation sites excluding steroid dienone is 3. The molecule has 0 aromatic heterocycles. The first-order valence-electron chi connectivity index (χ1n) is 28.6. The van der Waals surface area contributed by atoms with E-state index in [0.29, 0.717) is 19.4 Å². The number of hydrogen-bond acceptors (Lipinski definition) is 10. The monoisotopic (exact) mass is 966 g/mol. The molecular weight excluding hydrogens is 859 g/mol. The highest BCUT2D eigenvalue weighted by Crippen LogP contribution is 2.23. The molecule has 1 heterocycles. The molecule has 7 atom stereocenters. The molecule has 68 heavy (non-hydrogen) atoms. The van der Waals surface area contributed by atoms with Gasteiger partial charge in [0.1, 0.15) is 24.4 Å². The summed E-state index contributed by atoms with van der Waals surface area (Å²) in [5, 5.41) is 54.1. The number of aliphatic hydroxyl groups excluding tert-OH is 5. The van der Waals surface area contributed by atoms with Crippen LogP contribution in [0.25, 0.3) is 0 Å². The molecule has 1 aliphatic heterocycles. The molecule has 0 aromatic carbocycles. The van der Waals surface area contributed by atoms with Gasteiger partial charge in [-0.25, -0.2) is 0 Å². The molecule has 1 fully saturated rings. The Morgan fingerprint density at radius 3 is 1.46 bits per heavy atom. The summed E-state index contributed by atoms with van der Waals surface area (Å²) in [4.78, 5) is 25.0. The van der Waals surface area contributed by atoms with Gasteiger partial charge in [-0.3, -0.25) is 9.59 Å². The van der Waals surface area contributed by atoms with Gasteiger partial charge in [0, 0.05) is 12.8 Å². The summed E-state index contributed by atoms with van der Waals surface area (Å²) in [5.74, 6) is -0.200. The molecule has 11 heteroatoms. The van der Waals surface area contributed by atoms with Gasteiger partial charge in [-0.15, -0.1) is 0 Å². The first kappa shape index (κ1) is 64.2. The smallest absolute Gasteiger partial charge is 0.305 e. The van der Waals surface area contributed by atoms with Gasteiger partial charge in [0.25, 0.3) is 0 Å². The highest BCUT2D eigenvalue weighted by molar-refractivity contribution is 5.76. The first-order chi connectivity index (χ1) is 33.2. The van der Waals surface area contributed by atoms with Gasteiger partial charge in [0.15, 0.2) is 6.29 Å². The molecule has 6 N–H and O–H groups in total. The number of carbonyl (C=O) groups excluding carboxylic acids is 2. The standard InChI is InChI=1S/C57H107NO10/c1-3-5-7-9-11-13-24-29-33-37-41-45-53(62)66-46-42-38-34-30-26-23-21-19-17-15-14-16-18-20-22-25-28-32-36-40-44-52(61)58-49(50(60)43-39-35-31-27-12-10-8-6-4-2)48-67-57-56(65)55(64)54(63)51(47-59)68-57/h12,27,39,43,49-51,54-57,59-60,63-65H,3-11,13-26,28-38,40-42,44-48H2,1-2H3,(H,58,61)/b27-12+,43-39+. The van der Waals surface area contributed by atoms with Crippen LogP contribution in [0.3, 0.4) is 0 Å². The fraction of sp³-hybridized carbons (Fsp3) is 0.895. The van der Waals surface area contributed by atoms with Crippen LogP contribution in [0.1, 0.15) is 264 Å². The van der Waals surface area contributed by atoms with Crippen molar-refractivity contribution in [3.8, 4) is 0 Å². The highest BCUT2D eigenvalue weighted by atomic mass is 16.7. The molecule has 11 nitrogen and oxygen atoms in total. The van der Waals surface area contributed by atoms with Gasteiger partial charge in [-0.1, -0.05) is 231 Å². The second-order valence-electron chi connectivity index (χ2n) is 20.0. The SMILES string of the molecule is CCCCC/C=C/CC/C=C/C(O)C(COC1OC(CO)C(O)C(O)C1O)NC(=O)CCCCCCCCCCCCCCCCCCCCCCOC(=O)CCCCCCCCCCCCC. The number of hydrogen-bond donors (Lipinski definition) is 6. The number of aliphatic hydroxyl groups is 5. The van der Waals surface area contributed by atoms with Crippen molar-refractivity contribution in [1.29, 1.82) is 0 Å². The zero-order chi connectivity index (χ0) is 49.6. The Morgan fingerprint density at radius 1 is 0.529 bits per heavy atom. The lowest BCUT2D eigenvalue weighted by atomic mass is 9.99. The molecule has 0 aromatic rings. The third kappa shape index (κ3) is 37.0. The fourth-order valence-corrected chi connectivity index (χ4v) is 8.98. The molecule has 1 saturated heterocycles. The van der Waals surface area contributed by atoms with Gasteiger partial charge in [-0.2, -0.15) is 0 Å². The zero-order valence-electron chi connectivity index (χ0n) is 43.8. The van der Waals surface area contributed by atoms with Gasteiger partial charge in [0.2, 0.25) is 5.91 Å². The normalized spacial score (nSPS) is 19.5. The third-order valence-electron chi connectivity index (χ3n) is 13.6. The Bertz CT molecular complexity index is 1180. The van der Waals surface area contributed by atoms with Crippen molar-refractivity contribution >= 4 is 11.9 Å². The van der Waals surface area contributed by atoms with Crippen LogP contribution in [-0.4, -0.2) is 100 Å². The number of amides is 1. The van der Waals surface area contributed by atoms with E-state index in [4.69, 9.17) is 14.2 Å². The van der Waals surface area contributed by atoms with Crippen LogP contribution in [-0.2, 0) is 23.8 Å². The van der Waals surface area contributed by atoms with Gasteiger partial charge >= 0.3 is 5.97 Å². The molecule has 7 unspecified atom stereocenters. The van der Waals surface area contributed by atoms with Crippen LogP contribution in [0.2, 0.25) is 0 Å². The molecule has 1 aliphatic rings. The van der Waals surface area contributed by atoms with Crippen LogP contribution in [0.5, 0.6) is 0 Å². The molecule has 0 aliphatic carbocycles. The van der Waals surface area contributed by atoms with E-state index < -0.39 is 49.5 Å².